The van der Waals surface area contributed by atoms with E-state index >= 15 is 0 Å². The van der Waals surface area contributed by atoms with Gasteiger partial charge in [-0.2, -0.15) is 13.2 Å². The van der Waals surface area contributed by atoms with Crippen LogP contribution in [0.2, 0.25) is 0 Å². The number of alkyl halides is 3. The number of hydrogen-bond acceptors (Lipinski definition) is 3. The number of hydrogen-bond donors (Lipinski definition) is 0. The van der Waals surface area contributed by atoms with Crippen molar-refractivity contribution < 1.29 is 22.7 Å². The first-order valence-electron chi connectivity index (χ1n) is 6.38. The van der Waals surface area contributed by atoms with E-state index in [1.807, 2.05) is 0 Å². The summed E-state index contributed by atoms with van der Waals surface area (Å²) in [7, 11) is 0. The van der Waals surface area contributed by atoms with E-state index in [0.717, 1.165) is 0 Å². The van der Waals surface area contributed by atoms with Crippen molar-refractivity contribution in [3.05, 3.63) is 48.0 Å². The number of halogens is 3. The van der Waals surface area contributed by atoms with Gasteiger partial charge in [0.2, 0.25) is 0 Å². The van der Waals surface area contributed by atoms with E-state index in [1.165, 1.54) is 12.1 Å². The molecular weight excluding hydrogens is 301 g/mol. The zero-order valence-electron chi connectivity index (χ0n) is 11.9. The lowest BCUT2D eigenvalue weighted by atomic mass is 9.91. The van der Waals surface area contributed by atoms with Crippen molar-refractivity contribution in [2.24, 2.45) is 0 Å². The summed E-state index contributed by atoms with van der Waals surface area (Å²) < 4.78 is 42.1. The number of benzene rings is 1. The molecule has 0 saturated carbocycles. The minimum atomic E-state index is -4.57. The molecule has 21 heavy (non-hydrogen) atoms. The number of carbonyl (C=O) groups excluding carboxylic acids is 1. The summed E-state index contributed by atoms with van der Waals surface area (Å²) in [5.41, 5.74) is -3.67. The SMILES string of the molecule is C=CCC(SC(F)(F)F)(C(=O)OCC)c1ccccc1C. The minimum Gasteiger partial charge on any atom is -0.465 e. The zero-order valence-corrected chi connectivity index (χ0v) is 12.7. The second-order valence-corrected chi connectivity index (χ2v) is 5.77. The second-order valence-electron chi connectivity index (χ2n) is 4.40. The standard InChI is InChI=1S/C15H17F3O2S/c1-4-10-14(13(19)20-5-2,21-15(16,17)18)12-9-7-6-8-11(12)3/h4,6-9H,1,5,10H2,2-3H3. The molecule has 0 aliphatic rings. The quantitative estimate of drug-likeness (QED) is 0.567. The molecule has 0 saturated heterocycles. The average Bonchev–Trinajstić information content (AvgIpc) is 2.37. The van der Waals surface area contributed by atoms with E-state index in [4.69, 9.17) is 4.74 Å². The number of allylic oxidation sites excluding steroid dienone is 1. The van der Waals surface area contributed by atoms with Gasteiger partial charge in [-0.1, -0.05) is 30.3 Å². The Morgan fingerprint density at radius 2 is 2.00 bits per heavy atom. The Kier molecular flexibility index (Phi) is 5.89. The molecule has 0 fully saturated rings. The van der Waals surface area contributed by atoms with Gasteiger partial charge < -0.3 is 4.74 Å². The van der Waals surface area contributed by atoms with Gasteiger partial charge in [-0.25, -0.2) is 0 Å². The highest BCUT2D eigenvalue weighted by atomic mass is 32.2. The third-order valence-electron chi connectivity index (χ3n) is 2.91. The van der Waals surface area contributed by atoms with E-state index in [1.54, 1.807) is 32.0 Å². The summed E-state index contributed by atoms with van der Waals surface area (Å²) in [6.07, 6.45) is 1.14. The molecule has 1 rings (SSSR count). The van der Waals surface area contributed by atoms with Gasteiger partial charge in [0, 0.05) is 0 Å². The zero-order chi connectivity index (χ0) is 16.1. The van der Waals surface area contributed by atoms with Gasteiger partial charge in [-0.15, -0.1) is 6.58 Å². The Morgan fingerprint density at radius 3 is 2.48 bits per heavy atom. The molecule has 0 aliphatic heterocycles. The molecule has 1 unspecified atom stereocenters. The molecule has 0 radical (unpaired) electrons. The van der Waals surface area contributed by atoms with E-state index in [-0.39, 0.29) is 24.8 Å². The summed E-state index contributed by atoms with van der Waals surface area (Å²) in [4.78, 5) is 12.3. The van der Waals surface area contributed by atoms with Crippen molar-refractivity contribution in [3.63, 3.8) is 0 Å². The fraction of sp³-hybridized carbons (Fsp3) is 0.400. The Bertz CT molecular complexity index is 514. The van der Waals surface area contributed by atoms with Crippen LogP contribution in [0.25, 0.3) is 0 Å². The van der Waals surface area contributed by atoms with Crippen LogP contribution in [0.15, 0.2) is 36.9 Å². The molecular formula is C15H17F3O2S. The van der Waals surface area contributed by atoms with Crippen LogP contribution < -0.4 is 0 Å². The average molecular weight is 318 g/mol. The van der Waals surface area contributed by atoms with Gasteiger partial charge in [-0.05, 0) is 43.2 Å². The highest BCUT2D eigenvalue weighted by molar-refractivity contribution is 8.01. The van der Waals surface area contributed by atoms with Crippen molar-refractivity contribution in [2.45, 2.75) is 30.5 Å². The van der Waals surface area contributed by atoms with Crippen LogP contribution in [-0.2, 0) is 14.3 Å². The lowest BCUT2D eigenvalue weighted by Gasteiger charge is -2.32. The number of carbonyl (C=O) groups is 1. The maximum Gasteiger partial charge on any atom is 0.443 e. The number of esters is 1. The van der Waals surface area contributed by atoms with Crippen molar-refractivity contribution >= 4 is 17.7 Å². The molecule has 1 atom stereocenters. The summed E-state index contributed by atoms with van der Waals surface area (Å²) in [5.74, 6) is -0.901. The number of thioether (sulfide) groups is 1. The third-order valence-corrected chi connectivity index (χ3v) is 4.04. The first-order chi connectivity index (χ1) is 9.77. The summed E-state index contributed by atoms with van der Waals surface area (Å²) in [6.45, 7) is 6.73. The Labute approximate surface area is 126 Å². The topological polar surface area (TPSA) is 26.3 Å². The van der Waals surface area contributed by atoms with Gasteiger partial charge in [0.05, 0.1) is 6.61 Å². The number of rotatable bonds is 6. The maximum absolute atomic E-state index is 13.0. The van der Waals surface area contributed by atoms with Crippen LogP contribution in [0.3, 0.4) is 0 Å². The van der Waals surface area contributed by atoms with Crippen LogP contribution in [-0.4, -0.2) is 18.1 Å². The van der Waals surface area contributed by atoms with Crippen LogP contribution in [0.5, 0.6) is 0 Å². The highest BCUT2D eigenvalue weighted by Crippen LogP contribution is 2.50. The van der Waals surface area contributed by atoms with Crippen LogP contribution in [0.4, 0.5) is 13.2 Å². The Balaban J connectivity index is 3.47. The Morgan fingerprint density at radius 1 is 1.38 bits per heavy atom. The van der Waals surface area contributed by atoms with Crippen LogP contribution >= 0.6 is 11.8 Å². The molecule has 1 aromatic rings. The van der Waals surface area contributed by atoms with Crippen molar-refractivity contribution in [1.29, 1.82) is 0 Å². The van der Waals surface area contributed by atoms with E-state index in [9.17, 15) is 18.0 Å². The fourth-order valence-electron chi connectivity index (χ4n) is 2.12. The lowest BCUT2D eigenvalue weighted by molar-refractivity contribution is -0.146. The van der Waals surface area contributed by atoms with E-state index < -0.39 is 16.2 Å². The molecule has 6 heteroatoms. The molecule has 0 aliphatic carbocycles. The van der Waals surface area contributed by atoms with Crippen LogP contribution in [0.1, 0.15) is 24.5 Å². The molecule has 0 N–H and O–H groups in total. The monoisotopic (exact) mass is 318 g/mol. The van der Waals surface area contributed by atoms with Gasteiger partial charge in [0.25, 0.3) is 0 Å². The largest absolute Gasteiger partial charge is 0.465 e. The van der Waals surface area contributed by atoms with Crippen molar-refractivity contribution in [1.82, 2.24) is 0 Å². The maximum atomic E-state index is 13.0. The fourth-order valence-corrected chi connectivity index (χ4v) is 3.19. The van der Waals surface area contributed by atoms with E-state index in [2.05, 4.69) is 6.58 Å². The van der Waals surface area contributed by atoms with Gasteiger partial charge in [0.1, 0.15) is 0 Å². The minimum absolute atomic E-state index is 0.0159. The predicted octanol–water partition coefficient (Wildman–Crippen LogP) is 4.58. The predicted molar refractivity (Wildman–Crippen MR) is 78.0 cm³/mol. The molecule has 116 valence electrons. The van der Waals surface area contributed by atoms with Gasteiger partial charge in [-0.3, -0.25) is 4.79 Å². The molecule has 0 spiro atoms. The highest BCUT2D eigenvalue weighted by Gasteiger charge is 2.51. The van der Waals surface area contributed by atoms with Gasteiger partial charge in [0.15, 0.2) is 4.75 Å². The first kappa shape index (κ1) is 17.6. The van der Waals surface area contributed by atoms with Crippen molar-refractivity contribution in [3.8, 4) is 0 Å². The van der Waals surface area contributed by atoms with E-state index in [0.29, 0.717) is 11.1 Å². The Hall–Kier alpha value is -1.43. The third kappa shape index (κ3) is 4.27. The molecule has 2 nitrogen and oxygen atoms in total. The first-order valence-corrected chi connectivity index (χ1v) is 7.19. The van der Waals surface area contributed by atoms with Crippen LogP contribution in [0, 0.1) is 6.92 Å². The van der Waals surface area contributed by atoms with Gasteiger partial charge >= 0.3 is 11.5 Å². The molecule has 0 amide bonds. The molecule has 0 heterocycles. The summed E-state index contributed by atoms with van der Waals surface area (Å²) in [6, 6.07) is 6.51. The molecule has 0 bridgehead atoms. The normalized spacial score (nSPS) is 14.3. The smallest absolute Gasteiger partial charge is 0.443 e. The molecule has 1 aromatic carbocycles. The second kappa shape index (κ2) is 7.02. The molecule has 0 aromatic heterocycles. The summed E-state index contributed by atoms with van der Waals surface area (Å²) in [5, 5.41) is 0. The number of ether oxygens (including phenoxy) is 1. The summed E-state index contributed by atoms with van der Waals surface area (Å²) >= 11 is -0.357. The lowest BCUT2D eigenvalue weighted by Crippen LogP contribution is -2.37. The number of aryl methyl sites for hydroxylation is 1. The van der Waals surface area contributed by atoms with Crippen molar-refractivity contribution in [2.75, 3.05) is 6.61 Å².